The van der Waals surface area contributed by atoms with Crippen LogP contribution in [0.4, 0.5) is 4.39 Å². The predicted octanol–water partition coefficient (Wildman–Crippen LogP) is 2.72. The molecule has 0 spiro atoms. The summed E-state index contributed by atoms with van der Waals surface area (Å²) in [6.07, 6.45) is 1.51. The number of cyclic esters (lactones) is 1. The lowest BCUT2D eigenvalue weighted by molar-refractivity contribution is -0.143. The zero-order valence-electron chi connectivity index (χ0n) is 13.8. The smallest absolute Gasteiger partial charge is 0.363 e. The molecule has 0 N–H and O–H groups in total. The van der Waals surface area contributed by atoms with Crippen molar-refractivity contribution in [3.8, 4) is 5.75 Å². The number of rotatable bonds is 5. The van der Waals surface area contributed by atoms with Crippen molar-refractivity contribution in [2.24, 2.45) is 4.99 Å². The third kappa shape index (κ3) is 3.94. The second-order valence-corrected chi connectivity index (χ2v) is 5.25. The molecule has 2 aromatic rings. The van der Waals surface area contributed by atoms with E-state index in [1.54, 1.807) is 30.3 Å². The van der Waals surface area contributed by atoms with Crippen molar-refractivity contribution in [3.05, 3.63) is 71.2 Å². The van der Waals surface area contributed by atoms with Crippen molar-refractivity contribution < 1.29 is 28.2 Å². The summed E-state index contributed by atoms with van der Waals surface area (Å²) < 4.78 is 28.5. The average molecular weight is 355 g/mol. The Balaban J connectivity index is 1.76. The highest BCUT2D eigenvalue weighted by Crippen LogP contribution is 2.21. The largest absolute Gasteiger partial charge is 0.482 e. The summed E-state index contributed by atoms with van der Waals surface area (Å²) in [5, 5.41) is 0. The van der Waals surface area contributed by atoms with E-state index in [-0.39, 0.29) is 23.8 Å². The Morgan fingerprint density at radius 1 is 1.19 bits per heavy atom. The second kappa shape index (κ2) is 7.60. The third-order valence-electron chi connectivity index (χ3n) is 3.49. The Morgan fingerprint density at radius 2 is 1.92 bits per heavy atom. The molecule has 0 amide bonds. The first-order chi connectivity index (χ1) is 12.6. The van der Waals surface area contributed by atoms with Gasteiger partial charge in [0, 0.05) is 0 Å². The number of hydrogen-bond acceptors (Lipinski definition) is 6. The number of halogens is 1. The lowest BCUT2D eigenvalue weighted by Gasteiger charge is -2.04. The molecule has 0 aromatic heterocycles. The van der Waals surface area contributed by atoms with E-state index in [4.69, 9.17) is 9.47 Å². The van der Waals surface area contributed by atoms with E-state index in [1.165, 1.54) is 31.4 Å². The van der Waals surface area contributed by atoms with Gasteiger partial charge >= 0.3 is 11.9 Å². The molecular formula is C19H14FNO5. The molecule has 0 radical (unpaired) electrons. The van der Waals surface area contributed by atoms with E-state index < -0.39 is 17.8 Å². The molecule has 0 saturated heterocycles. The molecule has 26 heavy (non-hydrogen) atoms. The van der Waals surface area contributed by atoms with Crippen LogP contribution in [-0.4, -0.2) is 31.6 Å². The molecule has 0 aliphatic carbocycles. The van der Waals surface area contributed by atoms with Gasteiger partial charge in [0.25, 0.3) is 0 Å². The van der Waals surface area contributed by atoms with Crippen LogP contribution < -0.4 is 4.74 Å². The maximum atomic E-state index is 13.8. The van der Waals surface area contributed by atoms with Crippen LogP contribution in [0.25, 0.3) is 6.08 Å². The van der Waals surface area contributed by atoms with E-state index in [9.17, 15) is 14.0 Å². The predicted molar refractivity (Wildman–Crippen MR) is 91.0 cm³/mol. The highest BCUT2D eigenvalue weighted by atomic mass is 19.1. The van der Waals surface area contributed by atoms with Crippen molar-refractivity contribution in [1.29, 1.82) is 0 Å². The lowest BCUT2D eigenvalue weighted by atomic mass is 10.2. The first kappa shape index (κ1) is 17.3. The van der Waals surface area contributed by atoms with E-state index >= 15 is 0 Å². The number of carbonyl (C=O) groups is 2. The molecule has 132 valence electrons. The van der Waals surface area contributed by atoms with Crippen molar-refractivity contribution in [2.45, 2.75) is 0 Å². The number of esters is 2. The fourth-order valence-corrected chi connectivity index (χ4v) is 2.18. The molecule has 7 heteroatoms. The van der Waals surface area contributed by atoms with Gasteiger partial charge in [0.2, 0.25) is 5.90 Å². The highest BCUT2D eigenvalue weighted by molar-refractivity contribution is 6.12. The zero-order valence-corrected chi connectivity index (χ0v) is 13.8. The van der Waals surface area contributed by atoms with Crippen LogP contribution in [0.15, 0.2) is 59.2 Å². The molecule has 1 aliphatic heterocycles. The Hall–Kier alpha value is -3.48. The Labute approximate surface area is 148 Å². The monoisotopic (exact) mass is 355 g/mol. The summed E-state index contributed by atoms with van der Waals surface area (Å²) >= 11 is 0. The molecule has 0 bridgehead atoms. The summed E-state index contributed by atoms with van der Waals surface area (Å²) in [5.41, 5.74) is 0.850. The number of aliphatic imine (C=N–C) groups is 1. The Kier molecular flexibility index (Phi) is 5.07. The number of ether oxygens (including phenoxy) is 3. The number of benzene rings is 2. The molecule has 1 aliphatic rings. The zero-order chi connectivity index (χ0) is 18.5. The van der Waals surface area contributed by atoms with Crippen molar-refractivity contribution in [1.82, 2.24) is 0 Å². The van der Waals surface area contributed by atoms with Crippen LogP contribution in [0.5, 0.6) is 5.75 Å². The van der Waals surface area contributed by atoms with Crippen LogP contribution in [0, 0.1) is 5.82 Å². The minimum Gasteiger partial charge on any atom is -0.482 e. The topological polar surface area (TPSA) is 74.2 Å². The number of hydrogen-bond donors (Lipinski definition) is 0. The summed E-state index contributed by atoms with van der Waals surface area (Å²) in [7, 11) is 1.28. The fourth-order valence-electron chi connectivity index (χ4n) is 2.18. The van der Waals surface area contributed by atoms with Gasteiger partial charge in [0.1, 0.15) is 11.6 Å². The normalized spacial score (nSPS) is 14.8. The molecule has 6 nitrogen and oxygen atoms in total. The first-order valence-corrected chi connectivity index (χ1v) is 7.64. The standard InChI is InChI=1S/C19H14FNO5/c1-24-17(22)11-25-13-8-6-12(7-9-13)10-16-19(23)26-18(21-16)14-4-2-3-5-15(14)20/h2-10H,11H2,1H3/b16-10-. The van der Waals surface area contributed by atoms with E-state index in [0.717, 1.165) is 0 Å². The summed E-state index contributed by atoms with van der Waals surface area (Å²) in [6, 6.07) is 12.6. The fraction of sp³-hybridized carbons (Fsp3) is 0.105. The number of nitrogens with zero attached hydrogens (tertiary/aromatic N) is 1. The van der Waals surface area contributed by atoms with Gasteiger partial charge in [-0.3, -0.25) is 0 Å². The second-order valence-electron chi connectivity index (χ2n) is 5.25. The van der Waals surface area contributed by atoms with Crippen LogP contribution in [0.3, 0.4) is 0 Å². The molecule has 0 fully saturated rings. The number of methoxy groups -OCH3 is 1. The summed E-state index contributed by atoms with van der Waals surface area (Å²) in [6.45, 7) is -0.195. The van der Waals surface area contributed by atoms with Gasteiger partial charge in [-0.05, 0) is 35.9 Å². The lowest BCUT2D eigenvalue weighted by Crippen LogP contribution is -2.12. The van der Waals surface area contributed by atoms with Crippen LogP contribution in [-0.2, 0) is 19.1 Å². The highest BCUT2D eigenvalue weighted by Gasteiger charge is 2.25. The van der Waals surface area contributed by atoms with Gasteiger partial charge in [-0.25, -0.2) is 19.0 Å². The maximum absolute atomic E-state index is 13.8. The van der Waals surface area contributed by atoms with Crippen LogP contribution in [0.1, 0.15) is 11.1 Å². The minimum atomic E-state index is -0.658. The molecule has 3 rings (SSSR count). The van der Waals surface area contributed by atoms with E-state index in [0.29, 0.717) is 11.3 Å². The van der Waals surface area contributed by atoms with Gasteiger partial charge in [-0.2, -0.15) is 0 Å². The van der Waals surface area contributed by atoms with Gasteiger partial charge in [-0.1, -0.05) is 24.3 Å². The summed E-state index contributed by atoms with van der Waals surface area (Å²) in [5.74, 6) is -1.26. The maximum Gasteiger partial charge on any atom is 0.363 e. The number of carbonyl (C=O) groups excluding carboxylic acids is 2. The Bertz CT molecular complexity index is 902. The first-order valence-electron chi connectivity index (χ1n) is 7.64. The minimum absolute atomic E-state index is 0.0616. The molecular weight excluding hydrogens is 341 g/mol. The van der Waals surface area contributed by atoms with E-state index in [1.807, 2.05) is 0 Å². The van der Waals surface area contributed by atoms with Crippen LogP contribution >= 0.6 is 0 Å². The quantitative estimate of drug-likeness (QED) is 0.609. The molecule has 1 heterocycles. The molecule has 0 atom stereocenters. The molecule has 2 aromatic carbocycles. The van der Waals surface area contributed by atoms with Gasteiger partial charge < -0.3 is 14.2 Å². The van der Waals surface area contributed by atoms with Gasteiger partial charge in [0.05, 0.1) is 12.7 Å². The van der Waals surface area contributed by atoms with Crippen LogP contribution in [0.2, 0.25) is 0 Å². The SMILES string of the molecule is COC(=O)COc1ccc(/C=C2\N=C(c3ccccc3F)OC2=O)cc1. The van der Waals surface area contributed by atoms with Crippen molar-refractivity contribution >= 4 is 23.9 Å². The van der Waals surface area contributed by atoms with E-state index in [2.05, 4.69) is 9.73 Å². The average Bonchev–Trinajstić information content (AvgIpc) is 3.01. The third-order valence-corrected chi connectivity index (χ3v) is 3.49. The molecule has 0 saturated carbocycles. The van der Waals surface area contributed by atoms with Crippen molar-refractivity contribution in [3.63, 3.8) is 0 Å². The molecule has 0 unspecified atom stereocenters. The van der Waals surface area contributed by atoms with Gasteiger partial charge in [0.15, 0.2) is 12.3 Å². The van der Waals surface area contributed by atoms with Gasteiger partial charge in [-0.15, -0.1) is 0 Å². The summed E-state index contributed by atoms with van der Waals surface area (Å²) in [4.78, 5) is 27.1. The Morgan fingerprint density at radius 3 is 2.62 bits per heavy atom. The van der Waals surface area contributed by atoms with Crippen molar-refractivity contribution in [2.75, 3.05) is 13.7 Å².